The van der Waals surface area contributed by atoms with E-state index in [0.29, 0.717) is 6.04 Å². The van der Waals surface area contributed by atoms with Gasteiger partial charge >= 0.3 is 0 Å². The van der Waals surface area contributed by atoms with E-state index in [1.807, 2.05) is 12.1 Å². The molecule has 2 rings (SSSR count). The quantitative estimate of drug-likeness (QED) is 0.815. The second kappa shape index (κ2) is 6.93. The Bertz CT molecular complexity index is 412. The summed E-state index contributed by atoms with van der Waals surface area (Å²) < 4.78 is 0. The zero-order valence-corrected chi connectivity index (χ0v) is 13.6. The van der Waals surface area contributed by atoms with Crippen molar-refractivity contribution in [3.05, 3.63) is 34.9 Å². The third-order valence-electron chi connectivity index (χ3n) is 4.28. The van der Waals surface area contributed by atoms with Crippen molar-refractivity contribution in [2.45, 2.75) is 58.2 Å². The number of hydrogen-bond acceptors (Lipinski definition) is 2. The van der Waals surface area contributed by atoms with Crippen LogP contribution in [0.25, 0.3) is 0 Å². The molecule has 0 heterocycles. The molecule has 0 bridgehead atoms. The van der Waals surface area contributed by atoms with Gasteiger partial charge in [-0.2, -0.15) is 0 Å². The van der Waals surface area contributed by atoms with Crippen molar-refractivity contribution in [2.24, 2.45) is 11.7 Å². The molecule has 3 heteroatoms. The summed E-state index contributed by atoms with van der Waals surface area (Å²) in [6.07, 6.45) is 3.73. The van der Waals surface area contributed by atoms with Crippen LogP contribution in [0, 0.1) is 5.92 Å². The van der Waals surface area contributed by atoms with Crippen LogP contribution in [0.15, 0.2) is 24.3 Å². The molecule has 1 aliphatic carbocycles. The van der Waals surface area contributed by atoms with Gasteiger partial charge in [0, 0.05) is 23.7 Å². The van der Waals surface area contributed by atoms with Gasteiger partial charge in [0.25, 0.3) is 0 Å². The first-order chi connectivity index (χ1) is 9.52. The van der Waals surface area contributed by atoms with Gasteiger partial charge in [0.15, 0.2) is 0 Å². The molecule has 2 atom stereocenters. The van der Waals surface area contributed by atoms with E-state index in [-0.39, 0.29) is 12.1 Å². The first-order valence-corrected chi connectivity index (χ1v) is 8.17. The first-order valence-electron chi connectivity index (χ1n) is 7.79. The van der Waals surface area contributed by atoms with E-state index < -0.39 is 0 Å². The maximum Gasteiger partial charge on any atom is 0.0501 e. The van der Waals surface area contributed by atoms with Crippen LogP contribution in [0.2, 0.25) is 5.02 Å². The summed E-state index contributed by atoms with van der Waals surface area (Å²) in [5, 5.41) is 0.788. The predicted octanol–water partition coefficient (Wildman–Crippen LogP) is 4.24. The van der Waals surface area contributed by atoms with Gasteiger partial charge in [0.1, 0.15) is 0 Å². The molecule has 112 valence electrons. The van der Waals surface area contributed by atoms with E-state index >= 15 is 0 Å². The minimum absolute atomic E-state index is 0.164. The van der Waals surface area contributed by atoms with Gasteiger partial charge in [-0.25, -0.2) is 0 Å². The van der Waals surface area contributed by atoms with Gasteiger partial charge in [-0.1, -0.05) is 30.7 Å². The fourth-order valence-corrected chi connectivity index (χ4v) is 2.94. The predicted molar refractivity (Wildman–Crippen MR) is 87.0 cm³/mol. The van der Waals surface area contributed by atoms with Gasteiger partial charge in [-0.3, -0.25) is 4.90 Å². The minimum Gasteiger partial charge on any atom is -0.326 e. The molecule has 2 nitrogen and oxygen atoms in total. The Morgan fingerprint density at radius 1 is 1.25 bits per heavy atom. The second-order valence-corrected chi connectivity index (χ2v) is 6.74. The maximum absolute atomic E-state index is 6.45. The number of halogens is 1. The van der Waals surface area contributed by atoms with Gasteiger partial charge < -0.3 is 5.73 Å². The van der Waals surface area contributed by atoms with Gasteiger partial charge in [-0.05, 0) is 56.7 Å². The average molecular weight is 295 g/mol. The van der Waals surface area contributed by atoms with E-state index in [1.54, 1.807) is 0 Å². The van der Waals surface area contributed by atoms with Crippen molar-refractivity contribution in [3.8, 4) is 0 Å². The molecule has 0 amide bonds. The smallest absolute Gasteiger partial charge is 0.0501 e. The Kier molecular flexibility index (Phi) is 5.48. The number of rotatable bonds is 7. The summed E-state index contributed by atoms with van der Waals surface area (Å²) in [7, 11) is 0. The molecule has 0 aromatic heterocycles. The minimum atomic E-state index is 0.164. The summed E-state index contributed by atoms with van der Waals surface area (Å²) in [6.45, 7) is 7.88. The fraction of sp³-hybridized carbons (Fsp3) is 0.647. The van der Waals surface area contributed by atoms with E-state index in [2.05, 4.69) is 37.8 Å². The molecule has 20 heavy (non-hydrogen) atoms. The lowest BCUT2D eigenvalue weighted by Crippen LogP contribution is -2.45. The number of nitrogens with zero attached hydrogens (tertiary/aromatic N) is 1. The van der Waals surface area contributed by atoms with Crippen molar-refractivity contribution >= 4 is 11.6 Å². The second-order valence-electron chi connectivity index (χ2n) is 6.30. The van der Waals surface area contributed by atoms with Crippen LogP contribution in [-0.2, 0) is 0 Å². The van der Waals surface area contributed by atoms with Crippen LogP contribution in [0.1, 0.15) is 51.6 Å². The van der Waals surface area contributed by atoms with Crippen molar-refractivity contribution < 1.29 is 0 Å². The lowest BCUT2D eigenvalue weighted by molar-refractivity contribution is 0.123. The van der Waals surface area contributed by atoms with Crippen molar-refractivity contribution in [1.82, 2.24) is 4.90 Å². The molecule has 1 aromatic carbocycles. The van der Waals surface area contributed by atoms with Gasteiger partial charge in [0.05, 0.1) is 6.04 Å². The van der Waals surface area contributed by atoms with Crippen molar-refractivity contribution in [2.75, 3.05) is 6.54 Å². The number of hydrogen-bond donors (Lipinski definition) is 1. The van der Waals surface area contributed by atoms with Crippen LogP contribution >= 0.6 is 11.6 Å². The van der Waals surface area contributed by atoms with Crippen molar-refractivity contribution in [1.29, 1.82) is 0 Å². The fourth-order valence-electron chi connectivity index (χ4n) is 2.81. The van der Waals surface area contributed by atoms with Gasteiger partial charge in [0.2, 0.25) is 0 Å². The highest BCUT2D eigenvalue weighted by atomic mass is 35.5. The highest BCUT2D eigenvalue weighted by Crippen LogP contribution is 2.35. The van der Waals surface area contributed by atoms with Gasteiger partial charge in [-0.15, -0.1) is 0 Å². The maximum atomic E-state index is 6.45. The summed E-state index contributed by atoms with van der Waals surface area (Å²) >= 11 is 6.02. The molecule has 0 radical (unpaired) electrons. The molecule has 0 spiro atoms. The van der Waals surface area contributed by atoms with E-state index in [4.69, 9.17) is 17.3 Å². The highest BCUT2D eigenvalue weighted by molar-refractivity contribution is 6.30. The highest BCUT2D eigenvalue weighted by Gasteiger charge is 2.32. The summed E-state index contributed by atoms with van der Waals surface area (Å²) in [6, 6.07) is 9.17. The van der Waals surface area contributed by atoms with Crippen LogP contribution in [-0.4, -0.2) is 23.5 Å². The normalized spacial score (nSPS) is 18.6. The molecule has 1 fully saturated rings. The molecular formula is C17H27ClN2. The van der Waals surface area contributed by atoms with E-state index in [0.717, 1.165) is 17.4 Å². The zero-order valence-electron chi connectivity index (χ0n) is 12.8. The molecule has 1 aliphatic rings. The van der Waals surface area contributed by atoms with Crippen LogP contribution < -0.4 is 5.73 Å². The Balaban J connectivity index is 2.26. The third kappa shape index (κ3) is 3.97. The number of benzene rings is 1. The Hall–Kier alpha value is -0.570. The van der Waals surface area contributed by atoms with E-state index in [9.17, 15) is 0 Å². The largest absolute Gasteiger partial charge is 0.326 e. The molecule has 0 aliphatic heterocycles. The number of nitrogens with two attached hydrogens (primary N) is 1. The Labute approximate surface area is 128 Å². The Morgan fingerprint density at radius 2 is 1.85 bits per heavy atom. The van der Waals surface area contributed by atoms with Crippen molar-refractivity contribution in [3.63, 3.8) is 0 Å². The summed E-state index contributed by atoms with van der Waals surface area (Å²) in [4.78, 5) is 2.58. The molecule has 1 saturated carbocycles. The summed E-state index contributed by atoms with van der Waals surface area (Å²) in [5.41, 5.74) is 7.74. The molecular weight excluding hydrogens is 268 g/mol. The third-order valence-corrected chi connectivity index (χ3v) is 4.53. The first kappa shape index (κ1) is 15.8. The van der Waals surface area contributed by atoms with Crippen LogP contribution in [0.3, 0.4) is 0 Å². The monoisotopic (exact) mass is 294 g/mol. The standard InChI is InChI=1S/C17H27ClN2/c1-4-16(19)17(14-7-9-15(18)10-8-14)20(12(2)3)11-13-5-6-13/h7-10,12-13,16-17H,4-6,11,19H2,1-3H3. The average Bonchev–Trinajstić information content (AvgIpc) is 3.23. The molecule has 2 N–H and O–H groups in total. The Morgan fingerprint density at radius 3 is 2.30 bits per heavy atom. The molecule has 2 unspecified atom stereocenters. The molecule has 0 saturated heterocycles. The van der Waals surface area contributed by atoms with E-state index in [1.165, 1.54) is 24.9 Å². The topological polar surface area (TPSA) is 29.3 Å². The SMILES string of the molecule is CCC(N)C(c1ccc(Cl)cc1)N(CC1CC1)C(C)C. The summed E-state index contributed by atoms with van der Waals surface area (Å²) in [5.74, 6) is 0.872. The lowest BCUT2D eigenvalue weighted by atomic mass is 9.95. The lowest BCUT2D eigenvalue weighted by Gasteiger charge is -2.38. The van der Waals surface area contributed by atoms with Crippen LogP contribution in [0.5, 0.6) is 0 Å². The van der Waals surface area contributed by atoms with Crippen LogP contribution in [0.4, 0.5) is 0 Å². The zero-order chi connectivity index (χ0) is 14.7. The molecule has 1 aromatic rings.